The normalized spacial score (nSPS) is 21.1. The van der Waals surface area contributed by atoms with Gasteiger partial charge in [0, 0.05) is 16.6 Å². The number of alkyl halides is 2. The number of halogens is 4. The summed E-state index contributed by atoms with van der Waals surface area (Å²) in [4.78, 5) is 14.8. The van der Waals surface area contributed by atoms with E-state index in [-0.39, 0.29) is 51.5 Å². The lowest BCUT2D eigenvalue weighted by Gasteiger charge is -2.42. The predicted molar refractivity (Wildman–Crippen MR) is 136 cm³/mol. The zero-order valence-corrected chi connectivity index (χ0v) is 20.2. The highest BCUT2D eigenvalue weighted by Crippen LogP contribution is 2.41. The zero-order valence-electron chi connectivity index (χ0n) is 20.2. The number of benzene rings is 2. The van der Waals surface area contributed by atoms with Crippen LogP contribution in [-0.2, 0) is 6.42 Å². The van der Waals surface area contributed by atoms with Crippen LogP contribution in [0.4, 0.5) is 29.1 Å². The van der Waals surface area contributed by atoms with Gasteiger partial charge in [-0.2, -0.15) is 9.97 Å². The summed E-state index contributed by atoms with van der Waals surface area (Å²) in [6.45, 7) is -0.201. The number of nitrogens with zero attached hydrogens (tertiary/aromatic N) is 4. The maximum atomic E-state index is 16.4. The second-order valence-electron chi connectivity index (χ2n) is 9.36. The summed E-state index contributed by atoms with van der Waals surface area (Å²) in [7, 11) is 1.32. The monoisotopic (exact) mass is 522 g/mol. The number of pyridine rings is 1. The minimum Gasteiger partial charge on any atom is -0.467 e. The van der Waals surface area contributed by atoms with E-state index in [1.54, 1.807) is 6.07 Å². The Morgan fingerprint density at radius 2 is 1.97 bits per heavy atom. The summed E-state index contributed by atoms with van der Waals surface area (Å²) in [5, 5.41) is 3.34. The summed E-state index contributed by atoms with van der Waals surface area (Å²) < 4.78 is 65.6. The van der Waals surface area contributed by atoms with Crippen LogP contribution in [0, 0.1) is 24.0 Å². The second kappa shape index (κ2) is 8.99. The molecule has 2 aliphatic heterocycles. The number of anilines is 2. The van der Waals surface area contributed by atoms with Gasteiger partial charge in [0.05, 0.1) is 36.3 Å². The van der Waals surface area contributed by atoms with Gasteiger partial charge in [0.15, 0.2) is 18.4 Å². The van der Waals surface area contributed by atoms with E-state index in [4.69, 9.17) is 16.9 Å². The van der Waals surface area contributed by atoms with Gasteiger partial charge < -0.3 is 15.4 Å². The van der Waals surface area contributed by atoms with Gasteiger partial charge in [0.1, 0.15) is 22.8 Å². The van der Waals surface area contributed by atoms with Crippen molar-refractivity contribution in [1.82, 2.24) is 20.3 Å². The fraction of sp³-hybridized carbons (Fsp3) is 0.296. The fourth-order valence-corrected chi connectivity index (χ4v) is 5.48. The lowest BCUT2D eigenvalue weighted by atomic mass is 9.94. The summed E-state index contributed by atoms with van der Waals surface area (Å²) in [6.07, 6.45) is 3.53. The lowest BCUT2D eigenvalue weighted by molar-refractivity contribution is 0.105. The Balaban J connectivity index is 1.70. The van der Waals surface area contributed by atoms with Crippen LogP contribution in [0.5, 0.6) is 6.01 Å². The quantitative estimate of drug-likeness (QED) is 0.175. The third-order valence-electron chi connectivity index (χ3n) is 7.11. The average molecular weight is 523 g/mol. The molecule has 1 fully saturated rings. The van der Waals surface area contributed by atoms with Crippen molar-refractivity contribution in [1.29, 1.82) is 0 Å². The Morgan fingerprint density at radius 1 is 1.16 bits per heavy atom. The van der Waals surface area contributed by atoms with Gasteiger partial charge in [0.25, 0.3) is 0 Å². The number of nitrogen functional groups attached to an aromatic ring is 1. The Labute approximate surface area is 215 Å². The van der Waals surface area contributed by atoms with Crippen molar-refractivity contribution in [2.45, 2.75) is 37.9 Å². The first-order valence-electron chi connectivity index (χ1n) is 12.0. The molecular weight excluding hydrogens is 500 g/mol. The van der Waals surface area contributed by atoms with E-state index in [1.807, 2.05) is 0 Å². The van der Waals surface area contributed by atoms with Crippen LogP contribution in [-0.4, -0.2) is 47.2 Å². The number of hydrogen-bond acceptors (Lipinski definition) is 7. The molecule has 4 aromatic rings. The smallest absolute Gasteiger partial charge is 0.318 e. The second-order valence-corrected chi connectivity index (χ2v) is 9.36. The molecular formula is C27H22F4N6O. The molecule has 4 heterocycles. The first-order valence-corrected chi connectivity index (χ1v) is 12.0. The average Bonchev–Trinajstić information content (AvgIpc) is 2.89. The number of aryl methyl sites for hydroxylation is 1. The number of nitrogens with two attached hydrogens (primary N) is 1. The molecule has 2 aliphatic rings. The number of ether oxygens (including phenoxy) is 1. The highest BCUT2D eigenvalue weighted by molar-refractivity contribution is 6.04. The van der Waals surface area contributed by atoms with Gasteiger partial charge in [0.2, 0.25) is 0 Å². The first-order chi connectivity index (χ1) is 18.3. The van der Waals surface area contributed by atoms with Crippen LogP contribution >= 0.6 is 0 Å². The van der Waals surface area contributed by atoms with E-state index < -0.39 is 30.3 Å². The number of rotatable bonds is 2. The van der Waals surface area contributed by atoms with Crippen LogP contribution in [0.2, 0.25) is 0 Å². The maximum absolute atomic E-state index is 16.4. The molecule has 0 radical (unpaired) electrons. The molecule has 3 N–H and O–H groups in total. The molecule has 1 saturated heterocycles. The van der Waals surface area contributed by atoms with E-state index in [0.717, 1.165) is 0 Å². The number of fused-ring (bicyclic) bond motifs is 3. The molecule has 194 valence electrons. The molecule has 3 atom stereocenters. The van der Waals surface area contributed by atoms with E-state index in [1.165, 1.54) is 30.2 Å². The molecule has 0 spiro atoms. The van der Waals surface area contributed by atoms with E-state index >= 15 is 4.39 Å². The lowest BCUT2D eigenvalue weighted by Crippen LogP contribution is -2.60. The van der Waals surface area contributed by atoms with Gasteiger partial charge in [-0.3, -0.25) is 5.32 Å². The number of terminal acetylenes is 1. The Bertz CT molecular complexity index is 1660. The number of nitrogens with one attached hydrogen (secondary N) is 1. The van der Waals surface area contributed by atoms with Crippen LogP contribution in [0.1, 0.15) is 24.1 Å². The molecule has 11 heteroatoms. The van der Waals surface area contributed by atoms with E-state index in [2.05, 4.69) is 26.2 Å². The molecule has 0 saturated carbocycles. The van der Waals surface area contributed by atoms with Crippen molar-refractivity contribution in [2.24, 2.45) is 0 Å². The van der Waals surface area contributed by atoms with Crippen molar-refractivity contribution in [3.05, 3.63) is 47.2 Å². The fourth-order valence-electron chi connectivity index (χ4n) is 5.48. The molecule has 38 heavy (non-hydrogen) atoms. The van der Waals surface area contributed by atoms with Gasteiger partial charge in [-0.25, -0.2) is 22.5 Å². The first kappa shape index (κ1) is 24.2. The van der Waals surface area contributed by atoms with Crippen LogP contribution < -0.4 is 20.7 Å². The molecule has 2 aromatic heterocycles. The third kappa shape index (κ3) is 3.67. The molecule has 0 aliphatic carbocycles. The Kier molecular flexibility index (Phi) is 5.72. The molecule has 2 aromatic carbocycles. The van der Waals surface area contributed by atoms with Crippen LogP contribution in [0.3, 0.4) is 0 Å². The SMILES string of the molecule is C#Cc1c(F)ccc2cc(N)cc(-c3nc4c5c(nc(OC)nc5c3F)N3CC(F)NC(F)C3CCC4)c12. The third-order valence-corrected chi connectivity index (χ3v) is 7.11. The van der Waals surface area contributed by atoms with Gasteiger partial charge >= 0.3 is 6.01 Å². The molecule has 0 amide bonds. The summed E-state index contributed by atoms with van der Waals surface area (Å²) in [5.41, 5.74) is 6.77. The zero-order chi connectivity index (χ0) is 26.7. The standard InChI is InChI=1S/C27H22F4N6O/c1-3-14-16(28)8-7-12-9-13(32)10-15(20(12)14)23-22(30)24-21-17(33-23)5-4-6-18-25(31)34-19(29)11-37(18)26(21)36-27(35-24)38-2/h1,7-10,18-19,25,34H,4-6,11,32H2,2H3. The van der Waals surface area contributed by atoms with Gasteiger partial charge in [-0.15, -0.1) is 6.42 Å². The minimum absolute atomic E-state index is 0.0472. The highest BCUT2D eigenvalue weighted by atomic mass is 19.2. The van der Waals surface area contributed by atoms with Crippen molar-refractivity contribution >= 4 is 33.2 Å². The molecule has 3 unspecified atom stereocenters. The predicted octanol–water partition coefficient (Wildman–Crippen LogP) is 4.40. The largest absolute Gasteiger partial charge is 0.467 e. The minimum atomic E-state index is -1.66. The molecule has 6 rings (SSSR count). The molecule has 7 nitrogen and oxygen atoms in total. The topological polar surface area (TPSA) is 89.2 Å². The number of methoxy groups -OCH3 is 1. The number of piperazine rings is 1. The van der Waals surface area contributed by atoms with E-state index in [9.17, 15) is 13.2 Å². The maximum Gasteiger partial charge on any atom is 0.318 e. The van der Waals surface area contributed by atoms with Gasteiger partial charge in [-0.05, 0) is 42.8 Å². The molecule has 0 bridgehead atoms. The summed E-state index contributed by atoms with van der Waals surface area (Å²) >= 11 is 0. The highest BCUT2D eigenvalue weighted by Gasteiger charge is 2.39. The van der Waals surface area contributed by atoms with Crippen molar-refractivity contribution in [2.75, 3.05) is 24.3 Å². The summed E-state index contributed by atoms with van der Waals surface area (Å²) in [5.74, 6) is 1.02. The number of hydrogen-bond donors (Lipinski definition) is 2. The van der Waals surface area contributed by atoms with Crippen molar-refractivity contribution in [3.8, 4) is 29.6 Å². The van der Waals surface area contributed by atoms with Crippen molar-refractivity contribution < 1.29 is 22.3 Å². The summed E-state index contributed by atoms with van der Waals surface area (Å²) in [6, 6.07) is 4.95. The number of aromatic nitrogens is 3. The Hall–Kier alpha value is -4.17. The van der Waals surface area contributed by atoms with Gasteiger partial charge in [-0.1, -0.05) is 12.0 Å². The van der Waals surface area contributed by atoms with Crippen molar-refractivity contribution in [3.63, 3.8) is 0 Å². The Morgan fingerprint density at radius 3 is 2.74 bits per heavy atom. The van der Waals surface area contributed by atoms with E-state index in [0.29, 0.717) is 36.0 Å². The van der Waals surface area contributed by atoms with Crippen LogP contribution in [0.25, 0.3) is 32.9 Å². The van der Waals surface area contributed by atoms with Crippen LogP contribution in [0.15, 0.2) is 24.3 Å².